The molecule has 0 unspecified atom stereocenters. The van der Waals surface area contributed by atoms with Crippen molar-refractivity contribution in [2.45, 2.75) is 0 Å². The van der Waals surface area contributed by atoms with E-state index in [2.05, 4.69) is 37.9 Å². The van der Waals surface area contributed by atoms with Crippen LogP contribution < -0.4 is 11.1 Å². The van der Waals surface area contributed by atoms with E-state index in [-0.39, 0.29) is 10.8 Å². The molecule has 88 valence electrons. The molecule has 0 amide bonds. The second kappa shape index (κ2) is 5.24. The summed E-state index contributed by atoms with van der Waals surface area (Å²) < 4.78 is 1.05. The van der Waals surface area contributed by atoms with Gasteiger partial charge in [-0.05, 0) is 40.8 Å². The molecule has 0 bridgehead atoms. The number of anilines is 3. The van der Waals surface area contributed by atoms with Gasteiger partial charge in [0.2, 0.25) is 0 Å². The number of nitrogens with two attached hydrogens (primary N) is 1. The summed E-state index contributed by atoms with van der Waals surface area (Å²) in [6, 6.07) is 5.61. The molecule has 3 N–H and O–H groups in total. The fraction of sp³-hybridized carbons (Fsp3) is 0. The highest BCUT2D eigenvalue weighted by Gasteiger charge is 2.08. The first-order valence-corrected chi connectivity index (χ1v) is 6.39. The van der Waals surface area contributed by atoms with Crippen LogP contribution in [-0.4, -0.2) is 9.97 Å². The van der Waals surface area contributed by atoms with Gasteiger partial charge in [-0.25, -0.2) is 9.97 Å². The van der Waals surface area contributed by atoms with Gasteiger partial charge in [0.15, 0.2) is 5.82 Å². The lowest BCUT2D eigenvalue weighted by Gasteiger charge is -2.09. The van der Waals surface area contributed by atoms with Crippen molar-refractivity contribution >= 4 is 63.1 Å². The van der Waals surface area contributed by atoms with Crippen LogP contribution in [-0.2, 0) is 0 Å². The van der Waals surface area contributed by atoms with Crippen LogP contribution in [0, 0.1) is 3.57 Å². The molecule has 0 fully saturated rings. The van der Waals surface area contributed by atoms with E-state index in [1.807, 2.05) is 18.2 Å². The first-order chi connectivity index (χ1) is 8.08. The molecule has 0 aliphatic carbocycles. The molecular weight excluding hydrogens is 374 g/mol. The van der Waals surface area contributed by atoms with Crippen molar-refractivity contribution in [2.24, 2.45) is 0 Å². The summed E-state index contributed by atoms with van der Waals surface area (Å²) in [6.07, 6.45) is 1.34. The molecule has 7 heteroatoms. The Labute approximate surface area is 122 Å². The average Bonchev–Trinajstić information content (AvgIpc) is 2.28. The molecule has 0 aliphatic heterocycles. The predicted octanol–water partition coefficient (Wildman–Crippen LogP) is 3.71. The lowest BCUT2D eigenvalue weighted by atomic mass is 10.3. The highest BCUT2D eigenvalue weighted by Crippen LogP contribution is 2.30. The van der Waals surface area contributed by atoms with Gasteiger partial charge < -0.3 is 11.1 Å². The van der Waals surface area contributed by atoms with Crippen LogP contribution in [0.4, 0.5) is 17.3 Å². The Morgan fingerprint density at radius 1 is 1.24 bits per heavy atom. The van der Waals surface area contributed by atoms with Crippen LogP contribution in [0.25, 0.3) is 0 Å². The molecular formula is C10H7Cl2IN4. The molecule has 0 saturated carbocycles. The van der Waals surface area contributed by atoms with E-state index < -0.39 is 0 Å². The topological polar surface area (TPSA) is 63.8 Å². The quantitative estimate of drug-likeness (QED) is 0.779. The van der Waals surface area contributed by atoms with Crippen LogP contribution in [0.5, 0.6) is 0 Å². The molecule has 0 saturated heterocycles. The van der Waals surface area contributed by atoms with Gasteiger partial charge in [-0.3, -0.25) is 0 Å². The molecule has 4 nitrogen and oxygen atoms in total. The Morgan fingerprint density at radius 3 is 2.71 bits per heavy atom. The molecule has 2 rings (SSSR count). The van der Waals surface area contributed by atoms with Crippen molar-refractivity contribution in [3.8, 4) is 0 Å². The van der Waals surface area contributed by atoms with Crippen LogP contribution in [0.15, 0.2) is 24.5 Å². The van der Waals surface area contributed by atoms with E-state index in [0.29, 0.717) is 16.5 Å². The van der Waals surface area contributed by atoms with E-state index in [1.165, 1.54) is 6.33 Å². The van der Waals surface area contributed by atoms with Gasteiger partial charge >= 0.3 is 0 Å². The zero-order chi connectivity index (χ0) is 12.4. The zero-order valence-electron chi connectivity index (χ0n) is 8.42. The third-order valence-electron chi connectivity index (χ3n) is 2.00. The van der Waals surface area contributed by atoms with Crippen LogP contribution in [0.1, 0.15) is 0 Å². The smallest absolute Gasteiger partial charge is 0.154 e. The molecule has 0 spiro atoms. The molecule has 1 aromatic carbocycles. The first kappa shape index (κ1) is 12.7. The highest BCUT2D eigenvalue weighted by atomic mass is 127. The van der Waals surface area contributed by atoms with E-state index >= 15 is 0 Å². The van der Waals surface area contributed by atoms with Gasteiger partial charge in [-0.2, -0.15) is 0 Å². The SMILES string of the molecule is Nc1ncnc(Nc2ccc(I)cc2Cl)c1Cl. The summed E-state index contributed by atoms with van der Waals surface area (Å²) >= 11 is 14.2. The normalized spacial score (nSPS) is 10.3. The second-order valence-corrected chi connectivity index (χ2v) is 5.20. The molecule has 2 aromatic rings. The number of hydrogen-bond acceptors (Lipinski definition) is 4. The molecule has 1 heterocycles. The Kier molecular flexibility index (Phi) is 3.90. The number of halogens is 3. The van der Waals surface area contributed by atoms with Gasteiger partial charge in [-0.1, -0.05) is 23.2 Å². The Morgan fingerprint density at radius 2 is 2.00 bits per heavy atom. The fourth-order valence-electron chi connectivity index (χ4n) is 1.19. The first-order valence-electron chi connectivity index (χ1n) is 4.56. The summed E-state index contributed by atoms with van der Waals surface area (Å²) in [7, 11) is 0. The van der Waals surface area contributed by atoms with Crippen molar-refractivity contribution in [1.29, 1.82) is 0 Å². The number of rotatable bonds is 2. The molecule has 0 radical (unpaired) electrons. The summed E-state index contributed by atoms with van der Waals surface area (Å²) in [4.78, 5) is 7.78. The van der Waals surface area contributed by atoms with E-state index in [4.69, 9.17) is 28.9 Å². The number of aromatic nitrogens is 2. The maximum absolute atomic E-state index is 6.09. The van der Waals surface area contributed by atoms with Crippen molar-refractivity contribution in [3.63, 3.8) is 0 Å². The molecule has 1 aromatic heterocycles. The van der Waals surface area contributed by atoms with Crippen molar-refractivity contribution in [1.82, 2.24) is 9.97 Å². The van der Waals surface area contributed by atoms with Crippen molar-refractivity contribution in [2.75, 3.05) is 11.1 Å². The van der Waals surface area contributed by atoms with Gasteiger partial charge in [0, 0.05) is 3.57 Å². The third-order valence-corrected chi connectivity index (χ3v) is 3.36. The second-order valence-electron chi connectivity index (χ2n) is 3.17. The predicted molar refractivity (Wildman–Crippen MR) is 78.9 cm³/mol. The van der Waals surface area contributed by atoms with Crippen molar-refractivity contribution < 1.29 is 0 Å². The van der Waals surface area contributed by atoms with Gasteiger partial charge in [0.05, 0.1) is 10.7 Å². The lowest BCUT2D eigenvalue weighted by Crippen LogP contribution is -2.00. The largest absolute Gasteiger partial charge is 0.382 e. The highest BCUT2D eigenvalue weighted by molar-refractivity contribution is 14.1. The zero-order valence-corrected chi connectivity index (χ0v) is 12.1. The number of nitrogens with zero attached hydrogens (tertiary/aromatic N) is 2. The van der Waals surface area contributed by atoms with Crippen LogP contribution >= 0.6 is 45.8 Å². The number of benzene rings is 1. The van der Waals surface area contributed by atoms with Crippen LogP contribution in [0.2, 0.25) is 10.0 Å². The standard InChI is InChI=1S/C10H7Cl2IN4/c11-6-3-5(13)1-2-7(6)17-10-8(12)9(14)15-4-16-10/h1-4H,(H3,14,15,16,17). The monoisotopic (exact) mass is 380 g/mol. The number of hydrogen-bond donors (Lipinski definition) is 2. The lowest BCUT2D eigenvalue weighted by molar-refractivity contribution is 1.18. The number of nitrogens with one attached hydrogen (secondary N) is 1. The van der Waals surface area contributed by atoms with Gasteiger partial charge in [0.25, 0.3) is 0 Å². The summed E-state index contributed by atoms with van der Waals surface area (Å²) in [5.74, 6) is 0.660. The fourth-order valence-corrected chi connectivity index (χ4v) is 2.24. The Balaban J connectivity index is 2.35. The summed E-state index contributed by atoms with van der Waals surface area (Å²) in [5.41, 5.74) is 6.29. The van der Waals surface area contributed by atoms with E-state index in [1.54, 1.807) is 0 Å². The Hall–Kier alpha value is -0.790. The maximum Gasteiger partial charge on any atom is 0.154 e. The van der Waals surface area contributed by atoms with E-state index in [9.17, 15) is 0 Å². The minimum atomic E-state index is 0.228. The van der Waals surface area contributed by atoms with Gasteiger partial charge in [0.1, 0.15) is 17.2 Å². The molecule has 0 aliphatic rings. The number of nitrogen functional groups attached to an aromatic ring is 1. The summed E-state index contributed by atoms with van der Waals surface area (Å²) in [6.45, 7) is 0. The Bertz CT molecular complexity index is 562. The minimum absolute atomic E-state index is 0.228. The third kappa shape index (κ3) is 2.91. The van der Waals surface area contributed by atoms with Crippen LogP contribution in [0.3, 0.4) is 0 Å². The maximum atomic E-state index is 6.09. The summed E-state index contributed by atoms with van der Waals surface area (Å²) in [5, 5.41) is 3.88. The van der Waals surface area contributed by atoms with Crippen molar-refractivity contribution in [3.05, 3.63) is 38.1 Å². The molecule has 17 heavy (non-hydrogen) atoms. The average molecular weight is 381 g/mol. The van der Waals surface area contributed by atoms with E-state index in [0.717, 1.165) is 3.57 Å². The minimum Gasteiger partial charge on any atom is -0.382 e. The molecule has 0 atom stereocenters. The van der Waals surface area contributed by atoms with Gasteiger partial charge in [-0.15, -0.1) is 0 Å².